The van der Waals surface area contributed by atoms with Gasteiger partial charge >= 0.3 is 194 Å². The molecule has 6 atom stereocenters. The number of alkyl halides is 1. The molecule has 0 heterocycles. The number of carbonyl (C=O) groups is 4. The van der Waals surface area contributed by atoms with Crippen molar-refractivity contribution in [3.8, 4) is 0 Å². The zero-order chi connectivity index (χ0) is 23.7. The molecule has 0 aromatic heterocycles. The number of hydrogen-bond acceptors (Lipinski definition) is 5. The second-order valence-electron chi connectivity index (χ2n) is 9.90. The van der Waals surface area contributed by atoms with Gasteiger partial charge in [0.25, 0.3) is 0 Å². The molecule has 5 nitrogen and oxygen atoms in total. The van der Waals surface area contributed by atoms with E-state index in [4.69, 9.17) is 4.74 Å². The summed E-state index contributed by atoms with van der Waals surface area (Å²) in [4.78, 5) is 51.4. The molecule has 0 saturated heterocycles. The molecular formula is C25H29FO5Se. The molecule has 3 saturated carbocycles. The van der Waals surface area contributed by atoms with Crippen LogP contribution in [0.15, 0.2) is 36.0 Å². The number of ketones is 2. The van der Waals surface area contributed by atoms with E-state index in [9.17, 15) is 19.2 Å². The Morgan fingerprint density at radius 3 is 2.59 bits per heavy atom. The number of ether oxygens (including phenoxy) is 1. The van der Waals surface area contributed by atoms with Crippen LogP contribution in [-0.2, 0) is 23.9 Å². The molecule has 4 aliphatic rings. The molecule has 0 aromatic rings. The van der Waals surface area contributed by atoms with Gasteiger partial charge in [-0.15, -0.1) is 0 Å². The fourth-order valence-electron chi connectivity index (χ4n) is 6.88. The van der Waals surface area contributed by atoms with Crippen molar-refractivity contribution in [3.63, 3.8) is 0 Å². The predicted octanol–water partition coefficient (Wildman–Crippen LogP) is 3.70. The maximum absolute atomic E-state index is 17.1. The first-order valence-corrected chi connectivity index (χ1v) is 13.6. The molecule has 3 fully saturated rings. The average Bonchev–Trinajstić information content (AvgIpc) is 2.96. The molecule has 32 heavy (non-hydrogen) atoms. The maximum atomic E-state index is 17.1. The van der Waals surface area contributed by atoms with E-state index in [0.29, 0.717) is 30.4 Å². The number of hydrogen-bond donors (Lipinski definition) is 0. The van der Waals surface area contributed by atoms with Crippen LogP contribution < -0.4 is 0 Å². The van der Waals surface area contributed by atoms with Gasteiger partial charge in [0, 0.05) is 0 Å². The number of allylic oxidation sites excluding steroid dienone is 4. The molecule has 0 amide bonds. The molecule has 0 unspecified atom stereocenters. The van der Waals surface area contributed by atoms with E-state index in [1.54, 1.807) is 32.7 Å². The van der Waals surface area contributed by atoms with Crippen LogP contribution in [0.25, 0.3) is 0 Å². The van der Waals surface area contributed by atoms with Crippen molar-refractivity contribution >= 4 is 37.2 Å². The van der Waals surface area contributed by atoms with E-state index in [-0.39, 0.29) is 29.2 Å². The zero-order valence-electron chi connectivity index (χ0n) is 19.0. The molecule has 0 aliphatic heterocycles. The molecule has 0 aromatic carbocycles. The molecule has 172 valence electrons. The van der Waals surface area contributed by atoms with Gasteiger partial charge in [0.05, 0.1) is 0 Å². The van der Waals surface area contributed by atoms with Gasteiger partial charge in [-0.1, -0.05) is 0 Å². The van der Waals surface area contributed by atoms with Crippen molar-refractivity contribution in [1.82, 2.24) is 0 Å². The van der Waals surface area contributed by atoms with Crippen LogP contribution in [0.4, 0.5) is 4.39 Å². The van der Waals surface area contributed by atoms with Gasteiger partial charge in [-0.2, -0.15) is 0 Å². The topological polar surface area (TPSA) is 77.5 Å². The first-order valence-electron chi connectivity index (χ1n) is 11.1. The van der Waals surface area contributed by atoms with Crippen LogP contribution in [0.5, 0.6) is 0 Å². The SMILES string of the molecule is C=C1C[C@H]2[C@@H]3CCC4=CC(=O)C=C[C@]4(C)[C@@]3(F)C(=O)C[C@]2(C)[C@@]1(OC(=O)CC)C(=O)[Se]C. The monoisotopic (exact) mass is 508 g/mol. The average molecular weight is 507 g/mol. The Hall–Kier alpha value is -1.85. The van der Waals surface area contributed by atoms with Gasteiger partial charge in [-0.05, 0) is 0 Å². The van der Waals surface area contributed by atoms with Crippen LogP contribution in [0, 0.1) is 22.7 Å². The Morgan fingerprint density at radius 2 is 1.97 bits per heavy atom. The molecule has 7 heteroatoms. The summed E-state index contributed by atoms with van der Waals surface area (Å²) in [6.07, 6.45) is 5.45. The first kappa shape index (κ1) is 23.3. The molecular weight excluding hydrogens is 478 g/mol. The summed E-state index contributed by atoms with van der Waals surface area (Å²) in [6.45, 7) is 9.29. The van der Waals surface area contributed by atoms with E-state index in [1.165, 1.54) is 12.2 Å². The predicted molar refractivity (Wildman–Crippen MR) is 118 cm³/mol. The van der Waals surface area contributed by atoms with Gasteiger partial charge in [0.1, 0.15) is 0 Å². The Labute approximate surface area is 194 Å². The van der Waals surface area contributed by atoms with Gasteiger partial charge in [0.2, 0.25) is 0 Å². The molecule has 4 rings (SSSR count). The Bertz CT molecular complexity index is 1010. The second-order valence-corrected chi connectivity index (χ2v) is 11.5. The minimum atomic E-state index is -2.19. The second kappa shape index (κ2) is 7.33. The van der Waals surface area contributed by atoms with E-state index in [0.717, 1.165) is 0 Å². The summed E-state index contributed by atoms with van der Waals surface area (Å²) < 4.78 is 22.7. The molecule has 0 bridgehead atoms. The molecule has 4 aliphatic carbocycles. The molecule has 0 radical (unpaired) electrons. The van der Waals surface area contributed by atoms with Crippen LogP contribution in [-0.4, -0.2) is 48.4 Å². The van der Waals surface area contributed by atoms with Gasteiger partial charge < -0.3 is 0 Å². The van der Waals surface area contributed by atoms with Crippen molar-refractivity contribution < 1.29 is 28.3 Å². The standard InChI is InChI=1S/C25H29FO5Se/c1-6-20(29)31-25(21(30)32-5)14(2)11-18-17-8-7-15-12-16(27)9-10-22(15,3)24(17,26)19(28)13-23(18,25)4/h9-10,12,17-18H,2,6-8,11,13H2,1,3-5H3/t17-,18-,22-,23-,24-,25-/m0/s1. The Kier molecular flexibility index (Phi) is 5.34. The third-order valence-corrected chi connectivity index (χ3v) is 9.97. The number of Topliss-reactive ketones (excluding diaryl/α,β-unsaturated/α-hetero) is 1. The third-order valence-electron chi connectivity index (χ3n) is 8.59. The van der Waals surface area contributed by atoms with Crippen LogP contribution in [0.2, 0.25) is 5.82 Å². The van der Waals surface area contributed by atoms with Crippen LogP contribution in [0.3, 0.4) is 0 Å². The van der Waals surface area contributed by atoms with E-state index >= 15 is 4.39 Å². The van der Waals surface area contributed by atoms with E-state index < -0.39 is 54.7 Å². The van der Waals surface area contributed by atoms with Gasteiger partial charge in [0.15, 0.2) is 0 Å². The van der Waals surface area contributed by atoms with E-state index in [2.05, 4.69) is 6.58 Å². The van der Waals surface area contributed by atoms with Gasteiger partial charge in [-0.3, -0.25) is 0 Å². The van der Waals surface area contributed by atoms with Crippen LogP contribution >= 0.6 is 0 Å². The van der Waals surface area contributed by atoms with Crippen molar-refractivity contribution in [3.05, 3.63) is 36.0 Å². The summed E-state index contributed by atoms with van der Waals surface area (Å²) in [7, 11) is 0. The van der Waals surface area contributed by atoms with Crippen molar-refractivity contribution in [1.29, 1.82) is 0 Å². The summed E-state index contributed by atoms with van der Waals surface area (Å²) in [5.74, 6) is -0.583. The zero-order valence-corrected chi connectivity index (χ0v) is 20.7. The van der Waals surface area contributed by atoms with Crippen molar-refractivity contribution in [2.45, 2.75) is 70.0 Å². The van der Waals surface area contributed by atoms with Crippen molar-refractivity contribution in [2.24, 2.45) is 22.7 Å². The number of halogens is 1. The number of esters is 1. The normalized spacial score (nSPS) is 42.7. The Morgan fingerprint density at radius 1 is 1.28 bits per heavy atom. The number of fused-ring (bicyclic) bond motifs is 5. The summed E-state index contributed by atoms with van der Waals surface area (Å²) >= 11 is -0.497. The van der Waals surface area contributed by atoms with Gasteiger partial charge in [-0.25, -0.2) is 0 Å². The Balaban J connectivity index is 1.87. The van der Waals surface area contributed by atoms with E-state index in [1.807, 2.05) is 0 Å². The summed E-state index contributed by atoms with van der Waals surface area (Å²) in [5, 5.41) is 0. The minimum absolute atomic E-state index is 0.0925. The fraction of sp³-hybridized carbons (Fsp3) is 0.600. The number of rotatable bonds is 4. The first-order chi connectivity index (χ1) is 14.9. The molecule has 0 N–H and O–H groups in total. The number of carbonyl (C=O) groups excluding carboxylic acids is 4. The van der Waals surface area contributed by atoms with Crippen molar-refractivity contribution in [2.75, 3.05) is 0 Å². The van der Waals surface area contributed by atoms with Crippen LogP contribution in [0.1, 0.15) is 52.9 Å². The third kappa shape index (κ3) is 2.61. The fourth-order valence-corrected chi connectivity index (χ4v) is 8.36. The summed E-state index contributed by atoms with van der Waals surface area (Å²) in [5.41, 5.74) is -4.91. The molecule has 0 spiro atoms. The quantitative estimate of drug-likeness (QED) is 0.330. The summed E-state index contributed by atoms with van der Waals surface area (Å²) in [6, 6.07) is 0.